The van der Waals surface area contributed by atoms with Gasteiger partial charge in [0.25, 0.3) is 0 Å². The molecular weight excluding hydrogens is 234 g/mol. The van der Waals surface area contributed by atoms with Crippen LogP contribution in [0.2, 0.25) is 0 Å². The number of rotatable bonds is 4. The highest BCUT2D eigenvalue weighted by Crippen LogP contribution is 2.28. The number of nitrogens with one attached hydrogen (secondary N) is 1. The molecule has 0 fully saturated rings. The fourth-order valence-electron chi connectivity index (χ4n) is 2.52. The van der Waals surface area contributed by atoms with E-state index in [4.69, 9.17) is 4.42 Å². The fraction of sp³-hybridized carbons (Fsp3) is 0.412. The molecule has 1 aromatic carbocycles. The smallest absolute Gasteiger partial charge is 0.101 e. The molecule has 0 radical (unpaired) electrons. The van der Waals surface area contributed by atoms with Gasteiger partial charge in [-0.05, 0) is 62.6 Å². The lowest BCUT2D eigenvalue weighted by Crippen LogP contribution is -2.22. The van der Waals surface area contributed by atoms with Crippen molar-refractivity contribution in [2.24, 2.45) is 0 Å². The lowest BCUT2D eigenvalue weighted by molar-refractivity contribution is 0.525. The van der Waals surface area contributed by atoms with Crippen LogP contribution in [0, 0.1) is 27.7 Å². The second-order valence-corrected chi connectivity index (χ2v) is 5.27. The van der Waals surface area contributed by atoms with Gasteiger partial charge in [0, 0.05) is 5.56 Å². The van der Waals surface area contributed by atoms with Crippen molar-refractivity contribution in [3.8, 4) is 0 Å². The van der Waals surface area contributed by atoms with Gasteiger partial charge in [-0.2, -0.15) is 0 Å². The van der Waals surface area contributed by atoms with Crippen LogP contribution in [-0.4, -0.2) is 6.54 Å². The van der Waals surface area contributed by atoms with Crippen molar-refractivity contribution in [2.45, 2.75) is 40.7 Å². The summed E-state index contributed by atoms with van der Waals surface area (Å²) < 4.78 is 5.47. The maximum Gasteiger partial charge on any atom is 0.101 e. The molecule has 0 amide bonds. The van der Waals surface area contributed by atoms with E-state index in [0.717, 1.165) is 12.3 Å². The number of hydrogen-bond donors (Lipinski definition) is 1. The van der Waals surface area contributed by atoms with Crippen LogP contribution in [0.5, 0.6) is 0 Å². The van der Waals surface area contributed by atoms with E-state index in [1.807, 2.05) is 13.2 Å². The number of benzene rings is 1. The van der Waals surface area contributed by atoms with E-state index in [-0.39, 0.29) is 6.04 Å². The van der Waals surface area contributed by atoms with E-state index in [0.29, 0.717) is 0 Å². The Bertz CT molecular complexity index is 569. The summed E-state index contributed by atoms with van der Waals surface area (Å²) in [5, 5.41) is 3.56. The topological polar surface area (TPSA) is 25.2 Å². The first kappa shape index (κ1) is 13.9. The average Bonchev–Trinajstić information content (AvgIpc) is 2.78. The van der Waals surface area contributed by atoms with Gasteiger partial charge in [-0.25, -0.2) is 0 Å². The summed E-state index contributed by atoms with van der Waals surface area (Å²) in [6.07, 6.45) is 1.86. The Morgan fingerprint density at radius 1 is 1.00 bits per heavy atom. The van der Waals surface area contributed by atoms with Crippen molar-refractivity contribution in [3.63, 3.8) is 0 Å². The lowest BCUT2D eigenvalue weighted by Gasteiger charge is -2.20. The van der Waals surface area contributed by atoms with E-state index < -0.39 is 0 Å². The molecule has 102 valence electrons. The zero-order valence-corrected chi connectivity index (χ0v) is 12.5. The molecule has 0 saturated carbocycles. The van der Waals surface area contributed by atoms with Crippen LogP contribution in [0.1, 0.15) is 46.5 Å². The number of aryl methyl sites for hydroxylation is 4. The third-order valence-corrected chi connectivity index (χ3v) is 3.69. The average molecular weight is 257 g/mol. The van der Waals surface area contributed by atoms with Gasteiger partial charge < -0.3 is 9.73 Å². The Balaban J connectivity index is 2.47. The molecular formula is C17H23NO. The first-order valence-corrected chi connectivity index (χ1v) is 6.89. The summed E-state index contributed by atoms with van der Waals surface area (Å²) in [4.78, 5) is 0. The fourth-order valence-corrected chi connectivity index (χ4v) is 2.52. The molecule has 2 rings (SSSR count). The second kappa shape index (κ2) is 5.62. The molecule has 1 unspecified atom stereocenters. The maximum absolute atomic E-state index is 5.47. The third kappa shape index (κ3) is 2.90. The first-order valence-electron chi connectivity index (χ1n) is 6.89. The van der Waals surface area contributed by atoms with Gasteiger partial charge in [-0.15, -0.1) is 0 Å². The highest BCUT2D eigenvalue weighted by Gasteiger charge is 2.17. The summed E-state index contributed by atoms with van der Waals surface area (Å²) in [6.45, 7) is 11.6. The normalized spacial score (nSPS) is 12.7. The zero-order valence-electron chi connectivity index (χ0n) is 12.5. The second-order valence-electron chi connectivity index (χ2n) is 5.27. The minimum Gasteiger partial charge on any atom is -0.469 e. The monoisotopic (exact) mass is 257 g/mol. The molecule has 1 atom stereocenters. The largest absolute Gasteiger partial charge is 0.469 e. The van der Waals surface area contributed by atoms with Crippen molar-refractivity contribution >= 4 is 0 Å². The third-order valence-electron chi connectivity index (χ3n) is 3.69. The maximum atomic E-state index is 5.47. The van der Waals surface area contributed by atoms with Crippen LogP contribution in [0.25, 0.3) is 0 Å². The highest BCUT2D eigenvalue weighted by molar-refractivity contribution is 5.42. The van der Waals surface area contributed by atoms with Gasteiger partial charge >= 0.3 is 0 Å². The Kier molecular flexibility index (Phi) is 4.11. The molecule has 2 nitrogen and oxygen atoms in total. The molecule has 0 bridgehead atoms. The predicted molar refractivity (Wildman–Crippen MR) is 79.6 cm³/mol. The lowest BCUT2D eigenvalue weighted by atomic mass is 9.92. The van der Waals surface area contributed by atoms with Crippen molar-refractivity contribution in [3.05, 3.63) is 58.0 Å². The predicted octanol–water partition coefficient (Wildman–Crippen LogP) is 4.21. The van der Waals surface area contributed by atoms with Gasteiger partial charge in [0.2, 0.25) is 0 Å². The SMILES string of the molecule is CCNC(c1coc(C)c1)c1cc(C)c(C)cc1C. The molecule has 0 aliphatic carbocycles. The Morgan fingerprint density at radius 3 is 2.26 bits per heavy atom. The van der Waals surface area contributed by atoms with Crippen molar-refractivity contribution in [1.29, 1.82) is 0 Å². The van der Waals surface area contributed by atoms with Gasteiger partial charge in [-0.3, -0.25) is 0 Å². The molecule has 1 N–H and O–H groups in total. The van der Waals surface area contributed by atoms with Crippen LogP contribution >= 0.6 is 0 Å². The van der Waals surface area contributed by atoms with Crippen LogP contribution < -0.4 is 5.32 Å². The van der Waals surface area contributed by atoms with E-state index in [1.165, 1.54) is 27.8 Å². The summed E-state index contributed by atoms with van der Waals surface area (Å²) in [5.74, 6) is 0.958. The van der Waals surface area contributed by atoms with Crippen LogP contribution in [-0.2, 0) is 0 Å². The van der Waals surface area contributed by atoms with E-state index in [1.54, 1.807) is 0 Å². The summed E-state index contributed by atoms with van der Waals surface area (Å²) >= 11 is 0. The molecule has 1 heterocycles. The van der Waals surface area contributed by atoms with Gasteiger partial charge in [-0.1, -0.05) is 19.1 Å². The molecule has 2 aromatic rings. The standard InChI is InChI=1S/C17H23NO/c1-6-18-17(15-9-14(5)19-10-15)16-8-12(3)11(2)7-13(16)4/h7-10,17-18H,6H2,1-5H3. The number of hydrogen-bond acceptors (Lipinski definition) is 2. The van der Waals surface area contributed by atoms with Crippen molar-refractivity contribution in [1.82, 2.24) is 5.32 Å². The zero-order chi connectivity index (χ0) is 14.0. The summed E-state index contributed by atoms with van der Waals surface area (Å²) in [7, 11) is 0. The van der Waals surface area contributed by atoms with E-state index in [9.17, 15) is 0 Å². The first-order chi connectivity index (χ1) is 9.02. The molecule has 0 aliphatic rings. The van der Waals surface area contributed by atoms with Gasteiger partial charge in [0.05, 0.1) is 12.3 Å². The molecule has 19 heavy (non-hydrogen) atoms. The molecule has 1 aromatic heterocycles. The molecule has 2 heteroatoms. The van der Waals surface area contributed by atoms with Crippen LogP contribution in [0.3, 0.4) is 0 Å². The Morgan fingerprint density at radius 2 is 1.68 bits per heavy atom. The van der Waals surface area contributed by atoms with E-state index >= 15 is 0 Å². The van der Waals surface area contributed by atoms with Crippen molar-refractivity contribution in [2.75, 3.05) is 6.54 Å². The molecule has 0 aliphatic heterocycles. The Hall–Kier alpha value is -1.54. The van der Waals surface area contributed by atoms with Crippen LogP contribution in [0.15, 0.2) is 28.9 Å². The minimum absolute atomic E-state index is 0.210. The molecule has 0 saturated heterocycles. The minimum atomic E-state index is 0.210. The van der Waals surface area contributed by atoms with Gasteiger partial charge in [0.15, 0.2) is 0 Å². The summed E-state index contributed by atoms with van der Waals surface area (Å²) in [5.41, 5.74) is 6.55. The van der Waals surface area contributed by atoms with E-state index in [2.05, 4.69) is 51.2 Å². The quantitative estimate of drug-likeness (QED) is 0.887. The highest BCUT2D eigenvalue weighted by atomic mass is 16.3. The summed E-state index contributed by atoms with van der Waals surface area (Å²) in [6, 6.07) is 6.88. The van der Waals surface area contributed by atoms with Crippen LogP contribution in [0.4, 0.5) is 0 Å². The number of furan rings is 1. The van der Waals surface area contributed by atoms with Crippen molar-refractivity contribution < 1.29 is 4.42 Å². The Labute approximate surface area is 115 Å². The van der Waals surface area contributed by atoms with Gasteiger partial charge in [0.1, 0.15) is 5.76 Å². The molecule has 0 spiro atoms.